The lowest BCUT2D eigenvalue weighted by atomic mass is 9.98. The predicted molar refractivity (Wildman–Crippen MR) is 228 cm³/mol. The molecule has 0 bridgehead atoms. The number of carboxylic acid groups (broad SMARTS) is 1. The number of aromatic carboxylic acids is 1. The third-order valence-electron chi connectivity index (χ3n) is 10.3. The number of unbranched alkanes of at least 4 members (excludes halogenated alkanes) is 1. The number of nitrogens with one attached hydrogen (secondary N) is 4. The number of H-pyrrole nitrogens is 1. The van der Waals surface area contributed by atoms with Crippen molar-refractivity contribution in [3.05, 3.63) is 114 Å². The maximum Gasteiger partial charge on any atom is 0.335 e. The zero-order valence-corrected chi connectivity index (χ0v) is 33.9. The van der Waals surface area contributed by atoms with E-state index >= 15 is 0 Å². The molecule has 3 unspecified atom stereocenters. The molecule has 13 nitrogen and oxygen atoms in total. The summed E-state index contributed by atoms with van der Waals surface area (Å²) in [4.78, 5) is 61.6. The molecule has 14 heteroatoms. The monoisotopic (exact) mass is 806 g/mol. The van der Waals surface area contributed by atoms with Crippen LogP contribution in [0.25, 0.3) is 22.0 Å². The molecule has 0 saturated heterocycles. The molecule has 0 radical (unpaired) electrons. The number of benzene rings is 3. The lowest BCUT2D eigenvalue weighted by Gasteiger charge is -2.30. The minimum atomic E-state index is -1.01. The van der Waals surface area contributed by atoms with Gasteiger partial charge in [-0.2, -0.15) is 0 Å². The predicted octanol–water partition coefficient (Wildman–Crippen LogP) is 5.23. The lowest BCUT2D eigenvalue weighted by molar-refractivity contribution is -0.137. The van der Waals surface area contributed by atoms with Gasteiger partial charge in [0.1, 0.15) is 11.1 Å². The van der Waals surface area contributed by atoms with Gasteiger partial charge in [-0.1, -0.05) is 60.3 Å². The van der Waals surface area contributed by atoms with Crippen molar-refractivity contribution in [2.75, 3.05) is 20.1 Å². The summed E-state index contributed by atoms with van der Waals surface area (Å²) in [6.45, 7) is 3.47. The van der Waals surface area contributed by atoms with Crippen molar-refractivity contribution in [2.45, 2.75) is 86.6 Å². The fraction of sp³-hybridized carbons (Fsp3) is 0.341. The molecule has 2 heterocycles. The summed E-state index contributed by atoms with van der Waals surface area (Å²) in [6, 6.07) is 22.8. The van der Waals surface area contributed by atoms with Crippen LogP contribution in [0.3, 0.4) is 0 Å². The number of hydrogen-bond donors (Lipinski definition) is 7. The second-order valence-corrected chi connectivity index (χ2v) is 15.3. The first kappa shape index (κ1) is 43.6. The fourth-order valence-electron chi connectivity index (χ4n) is 6.93. The number of nitrogens with two attached hydrogens (primary N) is 2. The highest BCUT2D eigenvalue weighted by atomic mass is 32.2. The Bertz CT molecular complexity index is 2140. The molecule has 3 aromatic carbocycles. The Morgan fingerprint density at radius 1 is 0.897 bits per heavy atom. The van der Waals surface area contributed by atoms with E-state index in [4.69, 9.17) is 16.5 Å². The number of carbonyl (C=O) groups excluding carboxylic acids is 3. The molecule has 0 spiro atoms. The van der Waals surface area contributed by atoms with Crippen LogP contribution in [-0.2, 0) is 33.9 Å². The number of carboxylic acids is 1. The Kier molecular flexibility index (Phi) is 16.4. The Labute approximate surface area is 343 Å². The third-order valence-corrected chi connectivity index (χ3v) is 11.5. The third kappa shape index (κ3) is 11.5. The number of aromatic amines is 1. The minimum absolute atomic E-state index is 0.124. The molecular formula is C44H54N8O5S. The van der Waals surface area contributed by atoms with E-state index in [9.17, 15) is 24.3 Å². The standard InChI is InChI=1S/C44H54N8O5S/c1-29(24-33-26-49-37-13-4-3-11-35(33)37)52(2)43(55)39(14-5-6-21-45)51-41(54)38(15-8-22-46)50-25-32-10-9-23-48-42(32)58-40-16-7-12-34(36(40)27-47-28-53)30-17-19-31(20-18-30)44(56)57/h3-4,7,9-13,16-20,23,26,28-29,38-39,49-50H,5-6,8,14-15,21-22,24-25,27,45-46H2,1-2H3,(H,47,53)(H,51,54)(H,56,57). The van der Waals surface area contributed by atoms with Crippen LogP contribution in [0.15, 0.2) is 101 Å². The first-order chi connectivity index (χ1) is 28.1. The van der Waals surface area contributed by atoms with E-state index in [1.165, 1.54) is 11.8 Å². The number of fused-ring (bicyclic) bond motifs is 1. The highest BCUT2D eigenvalue weighted by Crippen LogP contribution is 2.36. The molecule has 3 amide bonds. The molecule has 306 valence electrons. The van der Waals surface area contributed by atoms with E-state index < -0.39 is 18.1 Å². The summed E-state index contributed by atoms with van der Waals surface area (Å²) in [5.41, 5.74) is 17.4. The van der Waals surface area contributed by atoms with Crippen molar-refractivity contribution in [2.24, 2.45) is 11.5 Å². The largest absolute Gasteiger partial charge is 0.478 e. The maximum atomic E-state index is 14.1. The highest BCUT2D eigenvalue weighted by Gasteiger charge is 2.29. The second kappa shape index (κ2) is 21.8. The van der Waals surface area contributed by atoms with E-state index in [-0.39, 0.29) is 30.0 Å². The number of rotatable bonds is 23. The zero-order valence-electron chi connectivity index (χ0n) is 33.1. The molecule has 9 N–H and O–H groups in total. The van der Waals surface area contributed by atoms with Gasteiger partial charge in [0.2, 0.25) is 18.2 Å². The van der Waals surface area contributed by atoms with Gasteiger partial charge in [0.15, 0.2) is 0 Å². The van der Waals surface area contributed by atoms with Crippen molar-refractivity contribution in [1.82, 2.24) is 30.8 Å². The summed E-state index contributed by atoms with van der Waals surface area (Å²) in [5.74, 6) is -1.44. The topological polar surface area (TPSA) is 209 Å². The zero-order chi connectivity index (χ0) is 41.4. The summed E-state index contributed by atoms with van der Waals surface area (Å²) >= 11 is 1.44. The first-order valence-electron chi connectivity index (χ1n) is 19.6. The molecule has 0 saturated carbocycles. The Balaban J connectivity index is 1.31. The normalized spacial score (nSPS) is 12.8. The van der Waals surface area contributed by atoms with E-state index in [0.29, 0.717) is 63.2 Å². The Hall–Kier alpha value is -5.54. The molecule has 0 aliphatic rings. The van der Waals surface area contributed by atoms with E-state index in [2.05, 4.69) is 27.0 Å². The van der Waals surface area contributed by atoms with Crippen LogP contribution >= 0.6 is 11.8 Å². The molecule has 0 aliphatic heterocycles. The van der Waals surface area contributed by atoms with Gasteiger partial charge in [-0.3, -0.25) is 14.4 Å². The summed E-state index contributed by atoms with van der Waals surface area (Å²) in [7, 11) is 1.79. The van der Waals surface area contributed by atoms with Gasteiger partial charge in [-0.15, -0.1) is 0 Å². The Morgan fingerprint density at radius 3 is 2.40 bits per heavy atom. The summed E-state index contributed by atoms with van der Waals surface area (Å²) in [6.07, 6.45) is 7.94. The molecular weight excluding hydrogens is 753 g/mol. The SMILES string of the molecule is CC(Cc1c[nH]c2ccccc12)N(C)C(=O)C(CCCCN)NC(=O)C(CCCN)NCc1cccnc1Sc1cccc(-c2ccc(C(=O)O)cc2)c1CNC=O. The van der Waals surface area contributed by atoms with Crippen LogP contribution in [0, 0.1) is 0 Å². The lowest BCUT2D eigenvalue weighted by Crippen LogP contribution is -2.54. The molecule has 2 aromatic heterocycles. The second-order valence-electron chi connectivity index (χ2n) is 14.3. The van der Waals surface area contributed by atoms with Gasteiger partial charge < -0.3 is 42.4 Å². The average Bonchev–Trinajstić information content (AvgIpc) is 3.65. The molecule has 3 atom stereocenters. The van der Waals surface area contributed by atoms with Crippen molar-refractivity contribution in [3.8, 4) is 11.1 Å². The molecule has 0 fully saturated rings. The van der Waals surface area contributed by atoms with Gasteiger partial charge in [-0.05, 0) is 117 Å². The number of likely N-dealkylation sites (N-methyl/N-ethyl adjacent to an activating group) is 1. The van der Waals surface area contributed by atoms with Crippen molar-refractivity contribution < 1.29 is 24.3 Å². The maximum absolute atomic E-state index is 14.1. The van der Waals surface area contributed by atoms with E-state index in [1.54, 1.807) is 42.4 Å². The molecule has 0 aliphatic carbocycles. The molecule has 58 heavy (non-hydrogen) atoms. The van der Waals surface area contributed by atoms with Gasteiger partial charge in [-0.25, -0.2) is 9.78 Å². The number of pyridine rings is 1. The van der Waals surface area contributed by atoms with Crippen LogP contribution in [0.4, 0.5) is 0 Å². The van der Waals surface area contributed by atoms with Gasteiger partial charge in [0, 0.05) is 54.4 Å². The summed E-state index contributed by atoms with van der Waals surface area (Å²) < 4.78 is 0. The number of para-hydroxylation sites is 1. The van der Waals surface area contributed by atoms with Crippen molar-refractivity contribution in [3.63, 3.8) is 0 Å². The van der Waals surface area contributed by atoms with Gasteiger partial charge in [0.05, 0.1) is 11.6 Å². The quantitative estimate of drug-likeness (QED) is 0.0338. The first-order valence-corrected chi connectivity index (χ1v) is 20.5. The molecule has 5 rings (SSSR count). The number of aromatic nitrogens is 2. The van der Waals surface area contributed by atoms with Crippen LogP contribution in [0.1, 0.15) is 66.1 Å². The number of nitrogens with zero attached hydrogens (tertiary/aromatic N) is 2. The summed E-state index contributed by atoms with van der Waals surface area (Å²) in [5, 5.41) is 20.5. The van der Waals surface area contributed by atoms with Crippen molar-refractivity contribution >= 4 is 46.9 Å². The van der Waals surface area contributed by atoms with Crippen LogP contribution in [-0.4, -0.2) is 82.4 Å². The fourth-order valence-corrected chi connectivity index (χ4v) is 7.97. The van der Waals surface area contributed by atoms with E-state index in [0.717, 1.165) is 50.0 Å². The highest BCUT2D eigenvalue weighted by molar-refractivity contribution is 7.99. The smallest absolute Gasteiger partial charge is 0.335 e. The Morgan fingerprint density at radius 2 is 1.66 bits per heavy atom. The van der Waals surface area contributed by atoms with E-state index in [1.807, 2.05) is 61.7 Å². The molecule has 5 aromatic rings. The number of hydrogen-bond acceptors (Lipinski definition) is 9. The number of amides is 3. The van der Waals surface area contributed by atoms with Gasteiger partial charge >= 0.3 is 5.97 Å². The van der Waals surface area contributed by atoms with Crippen LogP contribution < -0.4 is 27.4 Å². The van der Waals surface area contributed by atoms with Crippen LogP contribution in [0.2, 0.25) is 0 Å². The van der Waals surface area contributed by atoms with Gasteiger partial charge in [0.25, 0.3) is 0 Å². The van der Waals surface area contributed by atoms with Crippen LogP contribution in [0.5, 0.6) is 0 Å². The average molecular weight is 807 g/mol. The number of carbonyl (C=O) groups is 4. The van der Waals surface area contributed by atoms with Crippen molar-refractivity contribution in [1.29, 1.82) is 0 Å². The minimum Gasteiger partial charge on any atom is -0.478 e.